The van der Waals surface area contributed by atoms with Crippen molar-refractivity contribution in [2.75, 3.05) is 18.4 Å². The van der Waals surface area contributed by atoms with Gasteiger partial charge in [0, 0.05) is 18.7 Å². The molecule has 0 aromatic heterocycles. The van der Waals surface area contributed by atoms with Gasteiger partial charge in [-0.05, 0) is 37.4 Å². The van der Waals surface area contributed by atoms with Crippen molar-refractivity contribution >= 4 is 17.3 Å². The highest BCUT2D eigenvalue weighted by atomic mass is 16.2. The van der Waals surface area contributed by atoms with E-state index in [1.807, 2.05) is 0 Å². The highest BCUT2D eigenvalue weighted by Crippen LogP contribution is 2.31. The summed E-state index contributed by atoms with van der Waals surface area (Å²) >= 11 is 0. The summed E-state index contributed by atoms with van der Waals surface area (Å²) in [7, 11) is 0. The maximum atomic E-state index is 12.2. The Kier molecular flexibility index (Phi) is 3.83. The van der Waals surface area contributed by atoms with Gasteiger partial charge in [0.2, 0.25) is 5.91 Å². The number of hydrogen-bond donors (Lipinski definition) is 2. The van der Waals surface area contributed by atoms with Crippen LogP contribution in [0.1, 0.15) is 37.3 Å². The quantitative estimate of drug-likeness (QED) is 0.826. The second-order valence-electron chi connectivity index (χ2n) is 5.51. The second-order valence-corrected chi connectivity index (χ2v) is 5.51. The Balaban J connectivity index is 1.87. The number of hydrogen-bond acceptors (Lipinski definition) is 3. The van der Waals surface area contributed by atoms with Gasteiger partial charge in [0.25, 0.3) is 0 Å². The molecule has 1 atom stereocenters. The molecule has 2 aliphatic rings. The predicted octanol–water partition coefficient (Wildman–Crippen LogP) is 2.34. The first-order chi connectivity index (χ1) is 9.79. The summed E-state index contributed by atoms with van der Waals surface area (Å²) in [5.41, 5.74) is 4.21. The van der Waals surface area contributed by atoms with Gasteiger partial charge >= 0.3 is 0 Å². The Labute approximate surface area is 119 Å². The number of aliphatic imine (C=N–C) groups is 1. The number of nitrogens with one attached hydrogen (secondary N) is 2. The van der Waals surface area contributed by atoms with Gasteiger partial charge in [-0.15, -0.1) is 0 Å². The van der Waals surface area contributed by atoms with Crippen LogP contribution >= 0.6 is 0 Å². The van der Waals surface area contributed by atoms with Gasteiger partial charge in [0.1, 0.15) is 0 Å². The highest BCUT2D eigenvalue weighted by Gasteiger charge is 2.33. The molecule has 0 saturated carbocycles. The third-order valence-electron chi connectivity index (χ3n) is 3.95. The van der Waals surface area contributed by atoms with Crippen LogP contribution in [-0.2, 0) is 11.3 Å². The van der Waals surface area contributed by atoms with E-state index in [1.54, 1.807) is 0 Å². The van der Waals surface area contributed by atoms with E-state index in [9.17, 15) is 4.79 Å². The van der Waals surface area contributed by atoms with Crippen LogP contribution in [0.4, 0.5) is 5.69 Å². The van der Waals surface area contributed by atoms with E-state index in [4.69, 9.17) is 0 Å². The van der Waals surface area contributed by atoms with Gasteiger partial charge in [-0.2, -0.15) is 0 Å². The Bertz CT molecular complexity index is 551. The second kappa shape index (κ2) is 5.75. The molecule has 0 bridgehead atoms. The van der Waals surface area contributed by atoms with Crippen molar-refractivity contribution in [2.45, 2.75) is 32.7 Å². The summed E-state index contributed by atoms with van der Waals surface area (Å²) in [6.45, 7) is 4.85. The lowest BCUT2D eigenvalue weighted by atomic mass is 9.85. The Morgan fingerprint density at radius 1 is 1.45 bits per heavy atom. The molecule has 1 amide bonds. The molecular formula is C16H21N3O. The maximum Gasteiger partial charge on any atom is 0.233 e. The summed E-state index contributed by atoms with van der Waals surface area (Å²) in [6.07, 6.45) is 3.06. The molecule has 0 spiro atoms. The summed E-state index contributed by atoms with van der Waals surface area (Å²) in [6, 6.07) is 6.31. The highest BCUT2D eigenvalue weighted by molar-refractivity contribution is 6.23. The van der Waals surface area contributed by atoms with Gasteiger partial charge < -0.3 is 10.6 Å². The standard InChI is InChI=1S/C16H21N3O/c1-2-7-17-10-11-5-6-12-14(9-11)19-16(20)13-4-3-8-18-15(12)13/h5-6,9,13,17H,2-4,7-8,10H2,1H3,(H,19,20). The van der Waals surface area contributed by atoms with E-state index >= 15 is 0 Å². The lowest BCUT2D eigenvalue weighted by Crippen LogP contribution is -2.37. The number of amides is 1. The molecular weight excluding hydrogens is 250 g/mol. The SMILES string of the molecule is CCCNCc1ccc2c(c1)NC(=O)C1CCCN=C21. The van der Waals surface area contributed by atoms with Crippen LogP contribution in [0.25, 0.3) is 0 Å². The van der Waals surface area contributed by atoms with Crippen molar-refractivity contribution in [3.63, 3.8) is 0 Å². The first-order valence-corrected chi connectivity index (χ1v) is 7.49. The lowest BCUT2D eigenvalue weighted by molar-refractivity contribution is -0.118. The van der Waals surface area contributed by atoms with Crippen LogP contribution in [0.3, 0.4) is 0 Å². The number of nitrogens with zero attached hydrogens (tertiary/aromatic N) is 1. The van der Waals surface area contributed by atoms with E-state index in [-0.39, 0.29) is 11.8 Å². The van der Waals surface area contributed by atoms with Crippen LogP contribution in [0.2, 0.25) is 0 Å². The Morgan fingerprint density at radius 2 is 2.35 bits per heavy atom. The number of benzene rings is 1. The van der Waals surface area contributed by atoms with Crippen molar-refractivity contribution in [1.29, 1.82) is 0 Å². The third kappa shape index (κ3) is 2.48. The van der Waals surface area contributed by atoms with E-state index in [0.717, 1.165) is 55.9 Å². The fraction of sp³-hybridized carbons (Fsp3) is 0.500. The van der Waals surface area contributed by atoms with Crippen molar-refractivity contribution in [3.8, 4) is 0 Å². The van der Waals surface area contributed by atoms with Gasteiger partial charge in [-0.1, -0.05) is 19.1 Å². The zero-order valence-electron chi connectivity index (χ0n) is 11.9. The van der Waals surface area contributed by atoms with E-state index < -0.39 is 0 Å². The predicted molar refractivity (Wildman–Crippen MR) is 81.2 cm³/mol. The normalized spacial score (nSPS) is 20.8. The summed E-state index contributed by atoms with van der Waals surface area (Å²) in [5.74, 6) is 0.0648. The molecule has 106 valence electrons. The largest absolute Gasteiger partial charge is 0.325 e. The van der Waals surface area contributed by atoms with Crippen LogP contribution in [0, 0.1) is 5.92 Å². The molecule has 0 saturated heterocycles. The zero-order chi connectivity index (χ0) is 13.9. The first kappa shape index (κ1) is 13.3. The fourth-order valence-electron chi connectivity index (χ4n) is 2.93. The van der Waals surface area contributed by atoms with E-state index in [0.29, 0.717) is 0 Å². The fourth-order valence-corrected chi connectivity index (χ4v) is 2.93. The van der Waals surface area contributed by atoms with Gasteiger partial charge in [0.05, 0.1) is 17.3 Å². The number of carbonyl (C=O) groups is 1. The van der Waals surface area contributed by atoms with Crippen molar-refractivity contribution < 1.29 is 4.79 Å². The molecule has 2 heterocycles. The summed E-state index contributed by atoms with van der Waals surface area (Å²) < 4.78 is 0. The minimum Gasteiger partial charge on any atom is -0.325 e. The summed E-state index contributed by atoms with van der Waals surface area (Å²) in [5, 5.41) is 6.43. The first-order valence-electron chi connectivity index (χ1n) is 7.49. The number of anilines is 1. The molecule has 0 radical (unpaired) electrons. The number of carbonyl (C=O) groups excluding carboxylic acids is 1. The lowest BCUT2D eigenvalue weighted by Gasteiger charge is -2.29. The molecule has 4 heteroatoms. The van der Waals surface area contributed by atoms with Gasteiger partial charge in [-0.25, -0.2) is 0 Å². The van der Waals surface area contributed by atoms with E-state index in [1.165, 1.54) is 5.56 Å². The molecule has 3 rings (SSSR count). The average Bonchev–Trinajstić information content (AvgIpc) is 2.48. The van der Waals surface area contributed by atoms with Gasteiger partial charge in [-0.3, -0.25) is 9.79 Å². The molecule has 1 aromatic rings. The third-order valence-corrected chi connectivity index (χ3v) is 3.95. The zero-order valence-corrected chi connectivity index (χ0v) is 11.9. The minimum atomic E-state index is -0.0414. The van der Waals surface area contributed by atoms with Crippen molar-refractivity contribution in [1.82, 2.24) is 5.32 Å². The number of fused-ring (bicyclic) bond motifs is 3. The molecule has 1 aromatic carbocycles. The Hall–Kier alpha value is -1.68. The van der Waals surface area contributed by atoms with Crippen LogP contribution in [0.5, 0.6) is 0 Å². The Morgan fingerprint density at radius 3 is 3.20 bits per heavy atom. The topological polar surface area (TPSA) is 53.5 Å². The molecule has 20 heavy (non-hydrogen) atoms. The van der Waals surface area contributed by atoms with Crippen LogP contribution < -0.4 is 10.6 Å². The smallest absolute Gasteiger partial charge is 0.233 e. The average molecular weight is 271 g/mol. The molecule has 4 nitrogen and oxygen atoms in total. The van der Waals surface area contributed by atoms with Crippen molar-refractivity contribution in [3.05, 3.63) is 29.3 Å². The van der Waals surface area contributed by atoms with Crippen LogP contribution in [-0.4, -0.2) is 24.7 Å². The monoisotopic (exact) mass is 271 g/mol. The van der Waals surface area contributed by atoms with Crippen LogP contribution in [0.15, 0.2) is 23.2 Å². The molecule has 1 unspecified atom stereocenters. The van der Waals surface area contributed by atoms with Crippen molar-refractivity contribution in [2.24, 2.45) is 10.9 Å². The number of rotatable bonds is 4. The van der Waals surface area contributed by atoms with E-state index in [2.05, 4.69) is 40.7 Å². The molecule has 0 fully saturated rings. The maximum absolute atomic E-state index is 12.2. The molecule has 0 aliphatic carbocycles. The summed E-state index contributed by atoms with van der Waals surface area (Å²) in [4.78, 5) is 16.7. The minimum absolute atomic E-state index is 0.0414. The molecule has 2 aliphatic heterocycles. The van der Waals surface area contributed by atoms with Gasteiger partial charge in [0.15, 0.2) is 0 Å². The molecule has 2 N–H and O–H groups in total.